The van der Waals surface area contributed by atoms with Crippen molar-refractivity contribution in [2.45, 2.75) is 0 Å². The van der Waals surface area contributed by atoms with Crippen LogP contribution in [0.4, 0.5) is 10.1 Å². The molecule has 72 valence electrons. The average molecular weight is 212 g/mol. The van der Waals surface area contributed by atoms with Gasteiger partial charge in [-0.2, -0.15) is 4.39 Å². The minimum absolute atomic E-state index is 0.00169. The van der Waals surface area contributed by atoms with Crippen molar-refractivity contribution in [1.82, 2.24) is 9.78 Å². The fourth-order valence-electron chi connectivity index (χ4n) is 1.09. The number of anilines is 1. The highest BCUT2D eigenvalue weighted by Crippen LogP contribution is 2.16. The van der Waals surface area contributed by atoms with E-state index in [9.17, 15) is 4.39 Å². The first-order chi connectivity index (χ1) is 6.66. The van der Waals surface area contributed by atoms with E-state index in [0.717, 1.165) is 0 Å². The summed E-state index contributed by atoms with van der Waals surface area (Å²) in [5.41, 5.74) is 6.87. The molecule has 2 aromatic rings. The Morgan fingerprint density at radius 1 is 1.29 bits per heavy atom. The molecule has 0 aliphatic rings. The largest absolute Gasteiger partial charge is 0.399 e. The van der Waals surface area contributed by atoms with Gasteiger partial charge in [0.1, 0.15) is 5.02 Å². The summed E-state index contributed by atoms with van der Waals surface area (Å²) in [5, 5.41) is 3.59. The van der Waals surface area contributed by atoms with Gasteiger partial charge >= 0.3 is 0 Å². The van der Waals surface area contributed by atoms with E-state index in [0.29, 0.717) is 11.4 Å². The highest BCUT2D eigenvalue weighted by molar-refractivity contribution is 6.30. The second kappa shape index (κ2) is 3.31. The Hall–Kier alpha value is -1.55. The molecule has 1 aromatic carbocycles. The Bertz CT molecular complexity index is 430. The summed E-state index contributed by atoms with van der Waals surface area (Å²) in [6.45, 7) is 0. The van der Waals surface area contributed by atoms with Crippen molar-refractivity contribution in [3.05, 3.63) is 41.4 Å². The predicted octanol–water partition coefficient (Wildman–Crippen LogP) is 2.25. The van der Waals surface area contributed by atoms with Gasteiger partial charge in [-0.05, 0) is 24.3 Å². The Kier molecular flexibility index (Phi) is 2.13. The normalized spacial score (nSPS) is 10.4. The molecule has 0 aliphatic carbocycles. The maximum absolute atomic E-state index is 12.8. The number of hydrogen-bond acceptors (Lipinski definition) is 2. The molecule has 3 nitrogen and oxygen atoms in total. The average Bonchev–Trinajstić information content (AvgIpc) is 2.48. The van der Waals surface area contributed by atoms with Crippen molar-refractivity contribution in [3.63, 3.8) is 0 Å². The van der Waals surface area contributed by atoms with Gasteiger partial charge in [0.2, 0.25) is 0 Å². The summed E-state index contributed by atoms with van der Waals surface area (Å²) in [6.07, 6.45) is 1.41. The molecule has 0 amide bonds. The van der Waals surface area contributed by atoms with Gasteiger partial charge in [0, 0.05) is 5.69 Å². The van der Waals surface area contributed by atoms with Crippen LogP contribution in [0.5, 0.6) is 0 Å². The first-order valence-electron chi connectivity index (χ1n) is 3.93. The van der Waals surface area contributed by atoms with Crippen LogP contribution in [0.1, 0.15) is 0 Å². The second-order valence-electron chi connectivity index (χ2n) is 2.80. The van der Waals surface area contributed by atoms with Gasteiger partial charge in [-0.3, -0.25) is 0 Å². The maximum Gasteiger partial charge on any atom is 0.251 e. The lowest BCUT2D eigenvalue weighted by molar-refractivity contribution is 0.567. The molecule has 2 N–H and O–H groups in total. The van der Waals surface area contributed by atoms with Crippen LogP contribution in [0.2, 0.25) is 5.02 Å². The van der Waals surface area contributed by atoms with Crippen LogP contribution in [0.25, 0.3) is 5.69 Å². The molecule has 0 spiro atoms. The highest BCUT2D eigenvalue weighted by Gasteiger charge is 2.06. The molecule has 0 saturated carbocycles. The van der Waals surface area contributed by atoms with Gasteiger partial charge in [-0.15, -0.1) is 5.10 Å². The molecule has 14 heavy (non-hydrogen) atoms. The molecular formula is C9H7ClFN3. The van der Waals surface area contributed by atoms with Gasteiger partial charge < -0.3 is 5.73 Å². The quantitative estimate of drug-likeness (QED) is 0.736. The number of hydrogen-bond donors (Lipinski definition) is 1. The molecule has 0 radical (unpaired) electrons. The highest BCUT2D eigenvalue weighted by atomic mass is 35.5. The number of aromatic nitrogens is 2. The monoisotopic (exact) mass is 211 g/mol. The van der Waals surface area contributed by atoms with Gasteiger partial charge in [0.15, 0.2) is 0 Å². The lowest BCUT2D eigenvalue weighted by Crippen LogP contribution is -1.95. The third-order valence-electron chi connectivity index (χ3n) is 1.79. The van der Waals surface area contributed by atoms with Crippen molar-refractivity contribution in [1.29, 1.82) is 0 Å². The van der Waals surface area contributed by atoms with Crippen LogP contribution in [0, 0.1) is 5.95 Å². The predicted molar refractivity (Wildman–Crippen MR) is 52.9 cm³/mol. The SMILES string of the molecule is Nc1ccc(-n2cc(Cl)c(F)n2)cc1. The smallest absolute Gasteiger partial charge is 0.251 e. The standard InChI is InChI=1S/C9H7ClFN3/c10-8-5-14(13-9(8)11)7-3-1-6(12)2-4-7/h1-5H,12H2. The third kappa shape index (κ3) is 1.56. The summed E-state index contributed by atoms with van der Waals surface area (Å²) in [6, 6.07) is 6.89. The van der Waals surface area contributed by atoms with Crippen molar-refractivity contribution in [3.8, 4) is 5.69 Å². The van der Waals surface area contributed by atoms with Crippen LogP contribution in [-0.4, -0.2) is 9.78 Å². The number of nitrogen functional groups attached to an aromatic ring is 1. The maximum atomic E-state index is 12.8. The van der Waals surface area contributed by atoms with Gasteiger partial charge in [-0.1, -0.05) is 11.6 Å². The van der Waals surface area contributed by atoms with Crippen LogP contribution >= 0.6 is 11.6 Å². The Morgan fingerprint density at radius 3 is 2.43 bits per heavy atom. The zero-order valence-corrected chi connectivity index (χ0v) is 7.87. The third-order valence-corrected chi connectivity index (χ3v) is 2.04. The molecule has 1 aromatic heterocycles. The number of nitrogens with two attached hydrogens (primary N) is 1. The second-order valence-corrected chi connectivity index (χ2v) is 3.21. The van der Waals surface area contributed by atoms with E-state index in [1.807, 2.05) is 0 Å². The van der Waals surface area contributed by atoms with Crippen molar-refractivity contribution in [2.24, 2.45) is 0 Å². The molecule has 1 heterocycles. The van der Waals surface area contributed by atoms with Gasteiger partial charge in [-0.25, -0.2) is 4.68 Å². The minimum atomic E-state index is -0.677. The van der Waals surface area contributed by atoms with Crippen molar-refractivity contribution in [2.75, 3.05) is 5.73 Å². The fraction of sp³-hybridized carbons (Fsp3) is 0. The fourth-order valence-corrected chi connectivity index (χ4v) is 1.22. The van der Waals surface area contributed by atoms with E-state index < -0.39 is 5.95 Å². The summed E-state index contributed by atoms with van der Waals surface area (Å²) in [5.74, 6) is -0.677. The molecule has 2 rings (SSSR count). The van der Waals surface area contributed by atoms with E-state index >= 15 is 0 Å². The molecule has 0 atom stereocenters. The zero-order valence-electron chi connectivity index (χ0n) is 7.11. The number of rotatable bonds is 1. The number of nitrogens with zero attached hydrogens (tertiary/aromatic N) is 2. The summed E-state index contributed by atoms with van der Waals surface area (Å²) in [7, 11) is 0. The van der Waals surface area contributed by atoms with Gasteiger partial charge in [0.25, 0.3) is 5.95 Å². The Balaban J connectivity index is 2.44. The Morgan fingerprint density at radius 2 is 1.93 bits per heavy atom. The van der Waals surface area contributed by atoms with Crippen LogP contribution < -0.4 is 5.73 Å². The number of benzene rings is 1. The van der Waals surface area contributed by atoms with Crippen LogP contribution in [0.3, 0.4) is 0 Å². The molecule has 5 heteroatoms. The summed E-state index contributed by atoms with van der Waals surface area (Å²) < 4.78 is 14.2. The topological polar surface area (TPSA) is 43.8 Å². The minimum Gasteiger partial charge on any atom is -0.399 e. The molecule has 0 saturated heterocycles. The summed E-state index contributed by atoms with van der Waals surface area (Å²) >= 11 is 5.53. The van der Waals surface area contributed by atoms with E-state index in [-0.39, 0.29) is 5.02 Å². The van der Waals surface area contributed by atoms with Crippen LogP contribution in [0.15, 0.2) is 30.5 Å². The lowest BCUT2D eigenvalue weighted by Gasteiger charge is -1.99. The van der Waals surface area contributed by atoms with E-state index in [2.05, 4.69) is 5.10 Å². The van der Waals surface area contributed by atoms with Crippen molar-refractivity contribution >= 4 is 17.3 Å². The molecule has 0 fully saturated rings. The number of halogens is 2. The summed E-state index contributed by atoms with van der Waals surface area (Å²) in [4.78, 5) is 0. The van der Waals surface area contributed by atoms with E-state index in [4.69, 9.17) is 17.3 Å². The first kappa shape index (κ1) is 9.02. The first-order valence-corrected chi connectivity index (χ1v) is 4.31. The van der Waals surface area contributed by atoms with Gasteiger partial charge in [0.05, 0.1) is 11.9 Å². The molecule has 0 bridgehead atoms. The molecule has 0 aliphatic heterocycles. The lowest BCUT2D eigenvalue weighted by atomic mass is 10.3. The Labute approximate surface area is 84.9 Å². The van der Waals surface area contributed by atoms with Crippen molar-refractivity contribution < 1.29 is 4.39 Å². The van der Waals surface area contributed by atoms with E-state index in [1.165, 1.54) is 10.9 Å². The van der Waals surface area contributed by atoms with Crippen LogP contribution in [-0.2, 0) is 0 Å². The zero-order chi connectivity index (χ0) is 10.1. The molecule has 0 unspecified atom stereocenters. The molecular weight excluding hydrogens is 205 g/mol. The van der Waals surface area contributed by atoms with E-state index in [1.54, 1.807) is 24.3 Å².